The number of carboxylic acid groups (broad SMARTS) is 1. The van der Waals surface area contributed by atoms with Crippen molar-refractivity contribution >= 4 is 5.97 Å². The van der Waals surface area contributed by atoms with E-state index < -0.39 is 5.97 Å². The largest absolute Gasteiger partial charge is 0.480 e. The van der Waals surface area contributed by atoms with E-state index in [2.05, 4.69) is 88.1 Å². The number of nitrogens with zero attached hydrogens (tertiary/aromatic N) is 4. The van der Waals surface area contributed by atoms with E-state index in [-0.39, 0.29) is 12.0 Å². The van der Waals surface area contributed by atoms with Crippen LogP contribution in [-0.4, -0.2) is 69.4 Å². The lowest BCUT2D eigenvalue weighted by Gasteiger charge is -2.35. The maximum Gasteiger partial charge on any atom is 0.321 e. The van der Waals surface area contributed by atoms with Crippen molar-refractivity contribution in [2.45, 2.75) is 76.3 Å². The van der Waals surface area contributed by atoms with Crippen LogP contribution in [0, 0.1) is 11.8 Å². The highest BCUT2D eigenvalue weighted by molar-refractivity contribution is 5.74. The highest BCUT2D eigenvalue weighted by atomic mass is 16.4. The van der Waals surface area contributed by atoms with Crippen molar-refractivity contribution < 1.29 is 9.90 Å². The van der Waals surface area contributed by atoms with E-state index in [1.807, 2.05) is 0 Å². The number of carboxylic acids is 1. The molecule has 2 aliphatic heterocycles. The van der Waals surface area contributed by atoms with Gasteiger partial charge in [-0.05, 0) is 69.2 Å². The number of aryl methyl sites for hydroxylation is 1. The van der Waals surface area contributed by atoms with Crippen LogP contribution in [0.15, 0.2) is 66.7 Å². The molecule has 3 heterocycles. The topological polar surface area (TPSA) is 61.6 Å². The second-order valence-electron chi connectivity index (χ2n) is 12.6. The van der Waals surface area contributed by atoms with Crippen molar-refractivity contribution in [3.63, 3.8) is 0 Å². The monoisotopic (exact) mass is 554 g/mol. The van der Waals surface area contributed by atoms with E-state index in [0.717, 1.165) is 70.6 Å². The minimum absolute atomic E-state index is 0.288. The third-order valence-electron chi connectivity index (χ3n) is 10.1. The van der Waals surface area contributed by atoms with Gasteiger partial charge in [0.05, 0.1) is 5.69 Å². The van der Waals surface area contributed by atoms with Crippen molar-refractivity contribution in [1.82, 2.24) is 19.6 Å². The van der Waals surface area contributed by atoms with Crippen LogP contribution in [0.2, 0.25) is 0 Å². The number of carbonyl (C=O) groups is 1. The molecule has 41 heavy (non-hydrogen) atoms. The van der Waals surface area contributed by atoms with Crippen LogP contribution in [0.5, 0.6) is 0 Å². The van der Waals surface area contributed by atoms with Gasteiger partial charge < -0.3 is 10.0 Å². The fraction of sp³-hybridized carbons (Fsp3) is 0.543. The van der Waals surface area contributed by atoms with Crippen molar-refractivity contribution in [3.05, 3.63) is 78.0 Å². The van der Waals surface area contributed by atoms with Crippen LogP contribution in [0.3, 0.4) is 0 Å². The van der Waals surface area contributed by atoms with Crippen LogP contribution < -0.4 is 0 Å². The predicted octanol–water partition coefficient (Wildman–Crippen LogP) is 6.50. The van der Waals surface area contributed by atoms with Gasteiger partial charge in [0, 0.05) is 49.3 Å². The molecule has 1 unspecified atom stereocenters. The summed E-state index contributed by atoms with van der Waals surface area (Å²) in [5.41, 5.74) is 5.00. The molecule has 3 aromatic rings. The van der Waals surface area contributed by atoms with Gasteiger partial charge in [0.15, 0.2) is 0 Å². The van der Waals surface area contributed by atoms with E-state index in [4.69, 9.17) is 5.10 Å². The van der Waals surface area contributed by atoms with Gasteiger partial charge in [-0.1, -0.05) is 79.9 Å². The van der Waals surface area contributed by atoms with Gasteiger partial charge in [0.25, 0.3) is 0 Å². The highest BCUT2D eigenvalue weighted by Gasteiger charge is 2.43. The van der Waals surface area contributed by atoms with Gasteiger partial charge in [-0.2, -0.15) is 5.10 Å². The van der Waals surface area contributed by atoms with E-state index in [1.165, 1.54) is 36.1 Å². The molecule has 6 nitrogen and oxygen atoms in total. The number of likely N-dealkylation sites (tertiary alicyclic amines) is 2. The van der Waals surface area contributed by atoms with Gasteiger partial charge in [0.2, 0.25) is 0 Å². The Morgan fingerprint density at radius 2 is 1.61 bits per heavy atom. The summed E-state index contributed by atoms with van der Waals surface area (Å²) >= 11 is 0. The Bertz CT molecular complexity index is 1260. The summed E-state index contributed by atoms with van der Waals surface area (Å²) in [5, 5.41) is 15.3. The molecule has 0 spiro atoms. The molecule has 218 valence electrons. The fourth-order valence-corrected chi connectivity index (χ4v) is 8.01. The number of benzene rings is 2. The molecule has 2 saturated heterocycles. The molecule has 3 fully saturated rings. The number of aliphatic carboxylic acids is 1. The van der Waals surface area contributed by atoms with E-state index in [0.29, 0.717) is 17.8 Å². The van der Waals surface area contributed by atoms with Crippen molar-refractivity contribution in [2.75, 3.05) is 32.7 Å². The van der Waals surface area contributed by atoms with Crippen molar-refractivity contribution in [1.29, 1.82) is 0 Å². The molecule has 1 aliphatic carbocycles. The zero-order chi connectivity index (χ0) is 28.2. The van der Waals surface area contributed by atoms with E-state index in [1.54, 1.807) is 0 Å². The second kappa shape index (κ2) is 12.9. The lowest BCUT2D eigenvalue weighted by atomic mass is 9.83. The first-order chi connectivity index (χ1) is 20.1. The third-order valence-corrected chi connectivity index (χ3v) is 10.1. The summed E-state index contributed by atoms with van der Waals surface area (Å²) in [5.74, 6) is 1.03. The zero-order valence-electron chi connectivity index (χ0n) is 24.6. The van der Waals surface area contributed by atoms with Gasteiger partial charge in [-0.15, -0.1) is 0 Å². The summed E-state index contributed by atoms with van der Waals surface area (Å²) in [4.78, 5) is 17.6. The average molecular weight is 555 g/mol. The molecule has 6 heteroatoms. The summed E-state index contributed by atoms with van der Waals surface area (Å²) < 4.78 is 2.21. The Kier molecular flexibility index (Phi) is 8.87. The molecule has 1 N–H and O–H groups in total. The molecule has 1 aromatic heterocycles. The molecule has 6 rings (SSSR count). The Balaban J connectivity index is 1.14. The molecule has 0 radical (unpaired) electrons. The summed E-state index contributed by atoms with van der Waals surface area (Å²) in [6.45, 7) is 8.04. The SMILES string of the molecule is CCn1nc(-c2ccccc2)cc1C1CCN(C[C@H]2CN([C@@H](C(=O)O)C3CCCCC3)CC2c2ccccc2)CC1. The molecule has 0 amide bonds. The normalized spacial score (nSPS) is 24.0. The third kappa shape index (κ3) is 6.29. The molecular weight excluding hydrogens is 508 g/mol. The summed E-state index contributed by atoms with van der Waals surface area (Å²) in [7, 11) is 0. The lowest BCUT2D eigenvalue weighted by molar-refractivity contribution is -0.145. The van der Waals surface area contributed by atoms with Crippen LogP contribution in [-0.2, 0) is 11.3 Å². The molecule has 0 bridgehead atoms. The molecule has 3 aliphatic rings. The summed E-state index contributed by atoms with van der Waals surface area (Å²) in [6, 6.07) is 23.3. The molecule has 1 saturated carbocycles. The minimum Gasteiger partial charge on any atom is -0.480 e. The molecule has 3 atom stereocenters. The van der Waals surface area contributed by atoms with Crippen LogP contribution >= 0.6 is 0 Å². The lowest BCUT2D eigenvalue weighted by Crippen LogP contribution is -2.46. The van der Waals surface area contributed by atoms with Crippen molar-refractivity contribution in [3.8, 4) is 11.3 Å². The Morgan fingerprint density at radius 1 is 0.927 bits per heavy atom. The first kappa shape index (κ1) is 28.2. The number of rotatable bonds is 9. The Morgan fingerprint density at radius 3 is 2.27 bits per heavy atom. The minimum atomic E-state index is -0.618. The standard InChI is InChI=1S/C35H46N4O2/c1-2-39-33(22-32(36-39)27-14-8-4-9-15-27)28-18-20-37(21-19-28)23-30-24-38(25-31(30)26-12-6-3-7-13-26)34(35(40)41)29-16-10-5-11-17-29/h3-4,6-9,12-15,22,28-31,34H,2,5,10-11,16-21,23-25H2,1H3,(H,40,41)/t30-,31?,34+/m0/s1. The first-order valence-corrected chi connectivity index (χ1v) is 16.0. The van der Waals surface area contributed by atoms with Crippen LogP contribution in [0.25, 0.3) is 11.3 Å². The van der Waals surface area contributed by atoms with Crippen molar-refractivity contribution in [2.24, 2.45) is 11.8 Å². The zero-order valence-corrected chi connectivity index (χ0v) is 24.6. The summed E-state index contributed by atoms with van der Waals surface area (Å²) in [6.07, 6.45) is 8.00. The number of aromatic nitrogens is 2. The Hall–Kier alpha value is -2.96. The van der Waals surface area contributed by atoms with Crippen LogP contribution in [0.4, 0.5) is 0 Å². The van der Waals surface area contributed by atoms with Gasteiger partial charge >= 0.3 is 5.97 Å². The number of hydrogen-bond donors (Lipinski definition) is 1. The number of piperidine rings is 1. The van der Waals surface area contributed by atoms with E-state index in [9.17, 15) is 9.90 Å². The highest BCUT2D eigenvalue weighted by Crippen LogP contribution is 2.39. The fourth-order valence-electron chi connectivity index (χ4n) is 8.01. The molecule has 2 aromatic carbocycles. The quantitative estimate of drug-likeness (QED) is 0.327. The maximum atomic E-state index is 12.6. The number of hydrogen-bond acceptors (Lipinski definition) is 4. The Labute approximate surface area is 245 Å². The molecular formula is C35H46N4O2. The smallest absolute Gasteiger partial charge is 0.321 e. The second-order valence-corrected chi connectivity index (χ2v) is 12.6. The van der Waals surface area contributed by atoms with E-state index >= 15 is 0 Å². The van der Waals surface area contributed by atoms with Gasteiger partial charge in [-0.25, -0.2) is 0 Å². The van der Waals surface area contributed by atoms with Crippen LogP contribution in [0.1, 0.15) is 75.0 Å². The average Bonchev–Trinajstić information content (AvgIpc) is 3.64. The first-order valence-electron chi connectivity index (χ1n) is 16.0. The van der Waals surface area contributed by atoms with Gasteiger partial charge in [0.1, 0.15) is 6.04 Å². The maximum absolute atomic E-state index is 12.6. The predicted molar refractivity (Wildman–Crippen MR) is 164 cm³/mol. The van der Waals surface area contributed by atoms with Gasteiger partial charge in [-0.3, -0.25) is 14.4 Å².